The normalized spacial score (nSPS) is 20.8. The van der Waals surface area contributed by atoms with Crippen molar-refractivity contribution in [2.45, 2.75) is 58.7 Å². The smallest absolute Gasteiger partial charge is 0.400 e. The predicted octanol–water partition coefficient (Wildman–Crippen LogP) is 3.68. The van der Waals surface area contributed by atoms with Crippen LogP contribution in [0.1, 0.15) is 52.2 Å². The van der Waals surface area contributed by atoms with Gasteiger partial charge in [0.2, 0.25) is 0 Å². The lowest BCUT2D eigenvalue weighted by molar-refractivity contribution is 0.00578. The van der Waals surface area contributed by atoms with E-state index in [0.29, 0.717) is 0 Å². The SMILES string of the molecule is CCCc1cnccc1/C=C/B1OC(C)(C)C(C)(C)O1. The summed E-state index contributed by atoms with van der Waals surface area (Å²) in [6, 6.07) is 2.03. The molecule has 0 N–H and O–H groups in total. The molecule has 108 valence electrons. The molecule has 2 heterocycles. The monoisotopic (exact) mass is 273 g/mol. The fourth-order valence-electron chi connectivity index (χ4n) is 2.23. The zero-order valence-electron chi connectivity index (χ0n) is 13.1. The third kappa shape index (κ3) is 3.13. The molecule has 1 aliphatic heterocycles. The van der Waals surface area contributed by atoms with E-state index in [-0.39, 0.29) is 18.3 Å². The van der Waals surface area contributed by atoms with Crippen LogP contribution in [0, 0.1) is 0 Å². The zero-order valence-corrected chi connectivity index (χ0v) is 13.1. The van der Waals surface area contributed by atoms with Gasteiger partial charge in [0.25, 0.3) is 0 Å². The second kappa shape index (κ2) is 5.70. The second-order valence-corrected chi connectivity index (χ2v) is 6.31. The first-order valence-electron chi connectivity index (χ1n) is 7.32. The molecular formula is C16H24BNO2. The standard InChI is InChI=1S/C16H24BNO2/c1-6-7-14-12-18-11-9-13(14)8-10-17-19-15(2,3)16(4,5)20-17/h8-12H,6-7H2,1-5H3/b10-8+. The Labute approximate surface area is 122 Å². The molecule has 1 aromatic rings. The zero-order chi connectivity index (χ0) is 14.8. The van der Waals surface area contributed by atoms with E-state index >= 15 is 0 Å². The molecule has 0 radical (unpaired) electrons. The number of pyridine rings is 1. The molecule has 0 atom stereocenters. The minimum atomic E-state index is -0.289. The molecule has 0 amide bonds. The number of aromatic nitrogens is 1. The van der Waals surface area contributed by atoms with Crippen LogP contribution in [-0.4, -0.2) is 23.3 Å². The van der Waals surface area contributed by atoms with E-state index in [4.69, 9.17) is 9.31 Å². The molecule has 0 aromatic carbocycles. The van der Waals surface area contributed by atoms with E-state index in [1.54, 1.807) is 0 Å². The summed E-state index contributed by atoms with van der Waals surface area (Å²) in [5.41, 5.74) is 1.89. The fraction of sp³-hybridized carbons (Fsp3) is 0.562. The maximum atomic E-state index is 5.96. The minimum Gasteiger partial charge on any atom is -0.400 e. The molecule has 0 unspecified atom stereocenters. The fourth-order valence-corrected chi connectivity index (χ4v) is 2.23. The molecule has 4 heteroatoms. The van der Waals surface area contributed by atoms with Gasteiger partial charge >= 0.3 is 7.12 Å². The lowest BCUT2D eigenvalue weighted by atomic mass is 9.88. The Hall–Kier alpha value is -1.13. The Morgan fingerprint density at radius 2 is 1.85 bits per heavy atom. The average molecular weight is 273 g/mol. The summed E-state index contributed by atoms with van der Waals surface area (Å²) in [6.07, 6.45) is 7.99. The van der Waals surface area contributed by atoms with Crippen molar-refractivity contribution in [1.29, 1.82) is 0 Å². The Morgan fingerprint density at radius 1 is 1.20 bits per heavy atom. The maximum absolute atomic E-state index is 5.96. The first-order chi connectivity index (χ1) is 9.36. The van der Waals surface area contributed by atoms with Gasteiger partial charge in [-0.2, -0.15) is 0 Å². The van der Waals surface area contributed by atoms with Gasteiger partial charge in [-0.25, -0.2) is 0 Å². The molecule has 2 rings (SSSR count). The van der Waals surface area contributed by atoms with E-state index in [9.17, 15) is 0 Å². The predicted molar refractivity (Wildman–Crippen MR) is 83.3 cm³/mol. The molecule has 1 aliphatic rings. The van der Waals surface area contributed by atoms with Gasteiger partial charge in [0, 0.05) is 12.4 Å². The number of rotatable bonds is 4. The third-order valence-corrected chi connectivity index (χ3v) is 4.17. The first-order valence-corrected chi connectivity index (χ1v) is 7.32. The lowest BCUT2D eigenvalue weighted by Gasteiger charge is -2.32. The summed E-state index contributed by atoms with van der Waals surface area (Å²) in [6.45, 7) is 10.4. The highest BCUT2D eigenvalue weighted by molar-refractivity contribution is 6.52. The highest BCUT2D eigenvalue weighted by Crippen LogP contribution is 2.37. The molecule has 20 heavy (non-hydrogen) atoms. The Balaban J connectivity index is 2.12. The van der Waals surface area contributed by atoms with Gasteiger partial charge in [0.15, 0.2) is 0 Å². The van der Waals surface area contributed by atoms with Crippen molar-refractivity contribution in [3.63, 3.8) is 0 Å². The molecule has 1 saturated heterocycles. The van der Waals surface area contributed by atoms with Crippen LogP contribution in [0.3, 0.4) is 0 Å². The molecular weight excluding hydrogens is 249 g/mol. The van der Waals surface area contributed by atoms with Gasteiger partial charge in [-0.3, -0.25) is 4.98 Å². The Bertz CT molecular complexity index is 481. The van der Waals surface area contributed by atoms with E-state index in [2.05, 4.69) is 45.7 Å². The van der Waals surface area contributed by atoms with Crippen molar-refractivity contribution in [3.8, 4) is 0 Å². The summed E-state index contributed by atoms with van der Waals surface area (Å²) in [4.78, 5) is 4.19. The molecule has 0 spiro atoms. The van der Waals surface area contributed by atoms with Gasteiger partial charge in [0.1, 0.15) is 0 Å². The van der Waals surface area contributed by atoms with Crippen LogP contribution in [-0.2, 0) is 15.7 Å². The van der Waals surface area contributed by atoms with Crippen molar-refractivity contribution < 1.29 is 9.31 Å². The van der Waals surface area contributed by atoms with Gasteiger partial charge in [-0.05, 0) is 51.3 Å². The highest BCUT2D eigenvalue weighted by atomic mass is 16.7. The van der Waals surface area contributed by atoms with E-state index in [1.165, 1.54) is 11.1 Å². The van der Waals surface area contributed by atoms with Crippen LogP contribution >= 0.6 is 0 Å². The molecule has 3 nitrogen and oxygen atoms in total. The maximum Gasteiger partial charge on any atom is 0.487 e. The highest BCUT2D eigenvalue weighted by Gasteiger charge is 2.49. The minimum absolute atomic E-state index is 0.285. The molecule has 0 saturated carbocycles. The number of hydrogen-bond acceptors (Lipinski definition) is 3. The largest absolute Gasteiger partial charge is 0.487 e. The molecule has 1 aromatic heterocycles. The second-order valence-electron chi connectivity index (χ2n) is 6.31. The lowest BCUT2D eigenvalue weighted by Crippen LogP contribution is -2.41. The third-order valence-electron chi connectivity index (χ3n) is 4.17. The van der Waals surface area contributed by atoms with Crippen molar-refractivity contribution >= 4 is 13.2 Å². The van der Waals surface area contributed by atoms with Crippen LogP contribution in [0.25, 0.3) is 6.08 Å². The average Bonchev–Trinajstić information content (AvgIpc) is 2.57. The van der Waals surface area contributed by atoms with Crippen molar-refractivity contribution in [2.24, 2.45) is 0 Å². The van der Waals surface area contributed by atoms with Crippen molar-refractivity contribution in [1.82, 2.24) is 4.98 Å². The van der Waals surface area contributed by atoms with E-state index in [1.807, 2.05) is 24.4 Å². The number of nitrogens with zero attached hydrogens (tertiary/aromatic N) is 1. The summed E-state index contributed by atoms with van der Waals surface area (Å²) in [7, 11) is -0.289. The van der Waals surface area contributed by atoms with Gasteiger partial charge in [-0.1, -0.05) is 25.4 Å². The van der Waals surface area contributed by atoms with Crippen LogP contribution in [0.4, 0.5) is 0 Å². The van der Waals surface area contributed by atoms with Gasteiger partial charge in [0.05, 0.1) is 11.2 Å². The number of aryl methyl sites for hydroxylation is 1. The quantitative estimate of drug-likeness (QED) is 0.784. The van der Waals surface area contributed by atoms with Crippen LogP contribution in [0.2, 0.25) is 0 Å². The summed E-state index contributed by atoms with van der Waals surface area (Å²) in [5, 5.41) is 0. The molecule has 0 bridgehead atoms. The van der Waals surface area contributed by atoms with E-state index < -0.39 is 0 Å². The Morgan fingerprint density at radius 3 is 2.45 bits per heavy atom. The van der Waals surface area contributed by atoms with Crippen molar-refractivity contribution in [2.75, 3.05) is 0 Å². The molecule has 1 fully saturated rings. The van der Waals surface area contributed by atoms with Crippen LogP contribution < -0.4 is 0 Å². The topological polar surface area (TPSA) is 31.4 Å². The summed E-state index contributed by atoms with van der Waals surface area (Å²) >= 11 is 0. The van der Waals surface area contributed by atoms with Gasteiger partial charge in [-0.15, -0.1) is 0 Å². The first kappa shape index (κ1) is 15.3. The van der Waals surface area contributed by atoms with Crippen LogP contribution in [0.15, 0.2) is 24.4 Å². The Kier molecular flexibility index (Phi) is 4.35. The van der Waals surface area contributed by atoms with Crippen molar-refractivity contribution in [3.05, 3.63) is 35.6 Å². The summed E-state index contributed by atoms with van der Waals surface area (Å²) in [5.74, 6) is 1.99. The number of hydrogen-bond donors (Lipinski definition) is 0. The molecule has 0 aliphatic carbocycles. The van der Waals surface area contributed by atoms with Crippen LogP contribution in [0.5, 0.6) is 0 Å². The van der Waals surface area contributed by atoms with Gasteiger partial charge < -0.3 is 9.31 Å². The summed E-state index contributed by atoms with van der Waals surface area (Å²) < 4.78 is 11.9. The van der Waals surface area contributed by atoms with E-state index in [0.717, 1.165) is 12.8 Å².